The second-order valence-electron chi connectivity index (χ2n) is 5.08. The van der Waals surface area contributed by atoms with E-state index in [9.17, 15) is 4.79 Å². The Hall–Kier alpha value is -2.05. The standard InChI is InChI=1S/C19H19BrN2O2S/c1-2-10-24-18-8-6-15(7-9-18)12-21-22-19(23)14-25-13-16-4-3-5-17(20)11-16/h2-9,11-12H,1,10,13-14H2,(H,22,23)/b21-12-. The molecule has 2 aromatic carbocycles. The molecule has 0 unspecified atom stereocenters. The highest BCUT2D eigenvalue weighted by atomic mass is 79.9. The highest BCUT2D eigenvalue weighted by Gasteiger charge is 2.01. The first kappa shape index (κ1) is 19.3. The monoisotopic (exact) mass is 418 g/mol. The van der Waals surface area contributed by atoms with Gasteiger partial charge in [-0.25, -0.2) is 5.43 Å². The molecule has 0 atom stereocenters. The van der Waals surface area contributed by atoms with E-state index >= 15 is 0 Å². The average molecular weight is 419 g/mol. The maximum Gasteiger partial charge on any atom is 0.250 e. The van der Waals surface area contributed by atoms with E-state index in [4.69, 9.17) is 4.74 Å². The predicted octanol–water partition coefficient (Wildman–Crippen LogP) is 4.40. The normalized spacial score (nSPS) is 10.6. The number of thioether (sulfide) groups is 1. The van der Waals surface area contributed by atoms with Crippen molar-refractivity contribution in [2.24, 2.45) is 5.10 Å². The Morgan fingerprint density at radius 2 is 2.08 bits per heavy atom. The Kier molecular flexibility index (Phi) is 8.28. The summed E-state index contributed by atoms with van der Waals surface area (Å²) in [5.74, 6) is 1.79. The molecule has 0 radical (unpaired) electrons. The van der Waals surface area contributed by atoms with Gasteiger partial charge in [-0.15, -0.1) is 11.8 Å². The third-order valence-corrected chi connectivity index (χ3v) is 4.54. The van der Waals surface area contributed by atoms with Crippen LogP contribution >= 0.6 is 27.7 Å². The lowest BCUT2D eigenvalue weighted by atomic mass is 10.2. The van der Waals surface area contributed by atoms with Gasteiger partial charge in [0.2, 0.25) is 5.91 Å². The number of hydrazone groups is 1. The number of halogens is 1. The molecule has 0 aliphatic heterocycles. The van der Waals surface area contributed by atoms with Crippen molar-refractivity contribution in [3.8, 4) is 5.75 Å². The lowest BCUT2D eigenvalue weighted by molar-refractivity contribution is -0.118. The number of benzene rings is 2. The van der Waals surface area contributed by atoms with E-state index in [0.29, 0.717) is 12.4 Å². The fourth-order valence-electron chi connectivity index (χ4n) is 1.90. The molecule has 0 fully saturated rings. The minimum Gasteiger partial charge on any atom is -0.490 e. The van der Waals surface area contributed by atoms with Gasteiger partial charge < -0.3 is 4.74 Å². The highest BCUT2D eigenvalue weighted by molar-refractivity contribution is 9.10. The van der Waals surface area contributed by atoms with Crippen LogP contribution in [0.3, 0.4) is 0 Å². The molecule has 6 heteroatoms. The van der Waals surface area contributed by atoms with Crippen molar-refractivity contribution in [3.63, 3.8) is 0 Å². The number of nitrogens with one attached hydrogen (secondary N) is 1. The van der Waals surface area contributed by atoms with Gasteiger partial charge in [0, 0.05) is 10.2 Å². The summed E-state index contributed by atoms with van der Waals surface area (Å²) in [5, 5.41) is 3.97. The smallest absolute Gasteiger partial charge is 0.250 e. The van der Waals surface area contributed by atoms with Gasteiger partial charge in [0.15, 0.2) is 0 Å². The van der Waals surface area contributed by atoms with E-state index in [1.54, 1.807) is 24.1 Å². The maximum absolute atomic E-state index is 11.8. The number of nitrogens with zero attached hydrogens (tertiary/aromatic N) is 1. The number of amides is 1. The summed E-state index contributed by atoms with van der Waals surface area (Å²) in [5.41, 5.74) is 4.59. The Morgan fingerprint density at radius 3 is 2.80 bits per heavy atom. The van der Waals surface area contributed by atoms with Crippen molar-refractivity contribution in [1.82, 2.24) is 5.43 Å². The van der Waals surface area contributed by atoms with Gasteiger partial charge in [0.25, 0.3) is 0 Å². The maximum atomic E-state index is 11.8. The molecule has 130 valence electrons. The first-order valence-corrected chi connectivity index (χ1v) is 9.60. The zero-order chi connectivity index (χ0) is 17.9. The fourth-order valence-corrected chi connectivity index (χ4v) is 3.12. The summed E-state index contributed by atoms with van der Waals surface area (Å²) in [6.07, 6.45) is 3.30. The van der Waals surface area contributed by atoms with Crippen molar-refractivity contribution in [1.29, 1.82) is 0 Å². The van der Waals surface area contributed by atoms with E-state index in [1.165, 1.54) is 5.56 Å². The third-order valence-electron chi connectivity index (χ3n) is 3.04. The summed E-state index contributed by atoms with van der Waals surface area (Å²) in [6.45, 7) is 4.08. The number of carbonyl (C=O) groups is 1. The zero-order valence-corrected chi connectivity index (χ0v) is 16.1. The lowest BCUT2D eigenvalue weighted by Gasteiger charge is -2.03. The van der Waals surface area contributed by atoms with Gasteiger partial charge in [-0.05, 0) is 47.5 Å². The number of rotatable bonds is 9. The summed E-state index contributed by atoms with van der Waals surface area (Å²) in [4.78, 5) is 11.8. The third kappa shape index (κ3) is 7.58. The van der Waals surface area contributed by atoms with Crippen molar-refractivity contribution >= 4 is 39.8 Å². The molecular formula is C19H19BrN2O2S. The van der Waals surface area contributed by atoms with Crippen molar-refractivity contribution in [3.05, 3.63) is 76.8 Å². The largest absolute Gasteiger partial charge is 0.490 e. The van der Waals surface area contributed by atoms with Crippen LogP contribution in [0.4, 0.5) is 0 Å². The summed E-state index contributed by atoms with van der Waals surface area (Å²) >= 11 is 4.98. The number of hydrogen-bond donors (Lipinski definition) is 1. The minimum absolute atomic E-state index is 0.123. The first-order chi connectivity index (χ1) is 12.2. The molecule has 0 aliphatic carbocycles. The SMILES string of the molecule is C=CCOc1ccc(/C=N\NC(=O)CSCc2cccc(Br)c2)cc1. The Balaban J connectivity index is 1.70. The van der Waals surface area contributed by atoms with Crippen molar-refractivity contribution in [2.75, 3.05) is 12.4 Å². The summed E-state index contributed by atoms with van der Waals surface area (Å²) in [6, 6.07) is 15.5. The van der Waals surface area contributed by atoms with E-state index < -0.39 is 0 Å². The van der Waals surface area contributed by atoms with Crippen molar-refractivity contribution < 1.29 is 9.53 Å². The van der Waals surface area contributed by atoms with Crippen LogP contribution in [0.2, 0.25) is 0 Å². The molecule has 0 saturated heterocycles. The molecule has 4 nitrogen and oxygen atoms in total. The molecule has 2 rings (SSSR count). The van der Waals surface area contributed by atoms with Gasteiger partial charge >= 0.3 is 0 Å². The molecule has 0 saturated carbocycles. The van der Waals surface area contributed by atoms with Crippen LogP contribution < -0.4 is 10.2 Å². The summed E-state index contributed by atoms with van der Waals surface area (Å²) in [7, 11) is 0. The van der Waals surface area contributed by atoms with Crippen LogP contribution in [0, 0.1) is 0 Å². The Bertz CT molecular complexity index is 732. The van der Waals surface area contributed by atoms with Gasteiger partial charge in [-0.3, -0.25) is 4.79 Å². The van der Waals surface area contributed by atoms with Gasteiger partial charge in [0.1, 0.15) is 12.4 Å². The Morgan fingerprint density at radius 1 is 1.28 bits per heavy atom. The Labute approximate surface area is 160 Å². The van der Waals surface area contributed by atoms with Crippen LogP contribution in [0.5, 0.6) is 5.75 Å². The molecule has 0 spiro atoms. The molecule has 2 aromatic rings. The van der Waals surface area contributed by atoms with Gasteiger partial charge in [0.05, 0.1) is 12.0 Å². The first-order valence-electron chi connectivity index (χ1n) is 7.65. The molecule has 0 aromatic heterocycles. The number of ether oxygens (including phenoxy) is 1. The number of hydrogen-bond acceptors (Lipinski definition) is 4. The second-order valence-corrected chi connectivity index (χ2v) is 6.99. The van der Waals surface area contributed by atoms with E-state index in [2.05, 4.69) is 33.0 Å². The van der Waals surface area contributed by atoms with Crippen LogP contribution in [-0.4, -0.2) is 24.5 Å². The molecule has 1 amide bonds. The minimum atomic E-state index is -0.123. The van der Waals surface area contributed by atoms with Crippen molar-refractivity contribution in [2.45, 2.75) is 5.75 Å². The van der Waals surface area contributed by atoms with E-state index in [0.717, 1.165) is 21.5 Å². The summed E-state index contributed by atoms with van der Waals surface area (Å²) < 4.78 is 6.45. The van der Waals surface area contributed by atoms with Crippen LogP contribution in [0.15, 0.2) is 70.8 Å². The fraction of sp³-hybridized carbons (Fsp3) is 0.158. The number of carbonyl (C=O) groups excluding carboxylic acids is 1. The molecule has 0 bridgehead atoms. The molecule has 0 heterocycles. The van der Waals surface area contributed by atoms with Gasteiger partial charge in [-0.1, -0.05) is 40.7 Å². The van der Waals surface area contributed by atoms with E-state index in [-0.39, 0.29) is 5.91 Å². The van der Waals surface area contributed by atoms with E-state index in [1.807, 2.05) is 48.5 Å². The molecule has 0 aliphatic rings. The quantitative estimate of drug-likeness (QED) is 0.373. The zero-order valence-electron chi connectivity index (χ0n) is 13.7. The van der Waals surface area contributed by atoms with Crippen LogP contribution in [0.1, 0.15) is 11.1 Å². The van der Waals surface area contributed by atoms with Crippen LogP contribution in [-0.2, 0) is 10.5 Å². The molecule has 25 heavy (non-hydrogen) atoms. The molecular weight excluding hydrogens is 400 g/mol. The van der Waals surface area contributed by atoms with Gasteiger partial charge in [-0.2, -0.15) is 5.10 Å². The highest BCUT2D eigenvalue weighted by Crippen LogP contribution is 2.16. The second kappa shape index (κ2) is 10.7. The topological polar surface area (TPSA) is 50.7 Å². The lowest BCUT2D eigenvalue weighted by Crippen LogP contribution is -2.19. The average Bonchev–Trinajstić information content (AvgIpc) is 2.61. The molecule has 1 N–H and O–H groups in total. The van der Waals surface area contributed by atoms with Crippen LogP contribution in [0.25, 0.3) is 0 Å². The predicted molar refractivity (Wildman–Crippen MR) is 108 cm³/mol.